The smallest absolute Gasteiger partial charge is 0.284 e. The van der Waals surface area contributed by atoms with Crippen LogP contribution in [0, 0.1) is 15.5 Å². The Morgan fingerprint density at radius 2 is 2.04 bits per heavy atom. The summed E-state index contributed by atoms with van der Waals surface area (Å²) in [6, 6.07) is 8.57. The summed E-state index contributed by atoms with van der Waals surface area (Å²) in [6.07, 6.45) is 3.72. The Morgan fingerprint density at radius 1 is 1.25 bits per heavy atom. The van der Waals surface area contributed by atoms with Crippen molar-refractivity contribution in [3.8, 4) is 17.1 Å². The van der Waals surface area contributed by atoms with Gasteiger partial charge in [0, 0.05) is 6.54 Å². The first-order chi connectivity index (χ1) is 13.1. The topological polar surface area (TPSA) is 80.8 Å². The average molecular weight is 408 g/mol. The van der Waals surface area contributed by atoms with Crippen molar-refractivity contribution in [2.75, 3.05) is 33.3 Å². The molecule has 0 radical (unpaired) electrons. The molecule has 4 rings (SSSR count). The number of ether oxygens (including phenoxy) is 1. The molecule has 0 amide bonds. The van der Waals surface area contributed by atoms with E-state index in [-0.39, 0.29) is 18.1 Å². The van der Waals surface area contributed by atoms with E-state index in [1.807, 2.05) is 12.1 Å². The van der Waals surface area contributed by atoms with Gasteiger partial charge in [0.25, 0.3) is 5.69 Å². The summed E-state index contributed by atoms with van der Waals surface area (Å²) < 4.78 is 11.1. The molecule has 0 saturated carbocycles. The van der Waals surface area contributed by atoms with Gasteiger partial charge in [0.2, 0.25) is 0 Å². The number of benzene rings is 1. The van der Waals surface area contributed by atoms with Crippen LogP contribution in [0.3, 0.4) is 0 Å². The number of hydrogen-bond acceptors (Lipinski definition) is 6. The SMILES string of the molecule is COc1ccc(-c2ccc(CN3CCC4(CCNCC4)C3)o2)c([N+](=O)[O-])c1.Cl. The number of nitrogens with one attached hydrogen (secondary N) is 1. The monoisotopic (exact) mass is 407 g/mol. The molecule has 1 spiro atoms. The zero-order valence-corrected chi connectivity index (χ0v) is 16.8. The van der Waals surface area contributed by atoms with E-state index in [2.05, 4.69) is 10.2 Å². The van der Waals surface area contributed by atoms with Crippen LogP contribution >= 0.6 is 12.4 Å². The van der Waals surface area contributed by atoms with Gasteiger partial charge in [-0.2, -0.15) is 0 Å². The highest BCUT2D eigenvalue weighted by Crippen LogP contribution is 2.39. The molecular formula is C20H26ClN3O4. The van der Waals surface area contributed by atoms with Gasteiger partial charge in [0.05, 0.1) is 30.2 Å². The molecule has 2 aromatic rings. The van der Waals surface area contributed by atoms with Crippen LogP contribution in [0.25, 0.3) is 11.3 Å². The summed E-state index contributed by atoms with van der Waals surface area (Å²) >= 11 is 0. The van der Waals surface area contributed by atoms with Crippen LogP contribution in [-0.4, -0.2) is 43.1 Å². The number of hydrogen-bond donors (Lipinski definition) is 1. The summed E-state index contributed by atoms with van der Waals surface area (Å²) in [7, 11) is 1.49. The normalized spacial score (nSPS) is 18.8. The first kappa shape index (κ1) is 20.6. The second-order valence-corrected chi connectivity index (χ2v) is 7.62. The molecule has 3 heterocycles. The molecule has 0 unspecified atom stereocenters. The predicted octanol–water partition coefficient (Wildman–Crippen LogP) is 3.86. The Kier molecular flexibility index (Phi) is 6.27. The van der Waals surface area contributed by atoms with Crippen LogP contribution in [0.4, 0.5) is 5.69 Å². The van der Waals surface area contributed by atoms with Crippen molar-refractivity contribution >= 4 is 18.1 Å². The summed E-state index contributed by atoms with van der Waals surface area (Å²) in [4.78, 5) is 13.5. The lowest BCUT2D eigenvalue weighted by Gasteiger charge is -2.33. The van der Waals surface area contributed by atoms with E-state index in [1.54, 1.807) is 12.1 Å². The van der Waals surface area contributed by atoms with Crippen molar-refractivity contribution in [2.45, 2.75) is 25.8 Å². The highest BCUT2D eigenvalue weighted by atomic mass is 35.5. The van der Waals surface area contributed by atoms with Crippen LogP contribution in [0.15, 0.2) is 34.7 Å². The van der Waals surface area contributed by atoms with Gasteiger partial charge in [-0.1, -0.05) is 0 Å². The third kappa shape index (κ3) is 4.16. The highest BCUT2D eigenvalue weighted by Gasteiger charge is 2.38. The minimum Gasteiger partial charge on any atom is -0.497 e. The lowest BCUT2D eigenvalue weighted by Crippen LogP contribution is -2.38. The standard InChI is InChI=1S/C20H25N3O4.ClH/c1-26-15-2-4-17(18(12-15)23(24)25)19-5-3-16(27-19)13-22-11-8-20(14-22)6-9-21-10-7-20;/h2-5,12,21H,6-11,13-14H2,1H3;1H. The zero-order valence-electron chi connectivity index (χ0n) is 16.0. The Morgan fingerprint density at radius 3 is 2.75 bits per heavy atom. The fourth-order valence-electron chi connectivity index (χ4n) is 4.35. The van der Waals surface area contributed by atoms with Gasteiger partial charge in [0.15, 0.2) is 0 Å². The minimum atomic E-state index is -0.401. The summed E-state index contributed by atoms with van der Waals surface area (Å²) in [5.41, 5.74) is 0.920. The van der Waals surface area contributed by atoms with E-state index in [9.17, 15) is 10.1 Å². The van der Waals surface area contributed by atoms with Crippen molar-refractivity contribution in [2.24, 2.45) is 5.41 Å². The van der Waals surface area contributed by atoms with Crippen LogP contribution in [0.1, 0.15) is 25.0 Å². The molecule has 8 heteroatoms. The van der Waals surface area contributed by atoms with E-state index in [0.717, 1.165) is 38.5 Å². The Hall–Kier alpha value is -2.09. The van der Waals surface area contributed by atoms with Gasteiger partial charge >= 0.3 is 0 Å². The van der Waals surface area contributed by atoms with E-state index < -0.39 is 4.92 Å². The summed E-state index contributed by atoms with van der Waals surface area (Å²) in [5.74, 6) is 1.83. The van der Waals surface area contributed by atoms with E-state index in [1.165, 1.54) is 32.4 Å². The van der Waals surface area contributed by atoms with Gasteiger partial charge in [-0.3, -0.25) is 15.0 Å². The fraction of sp³-hybridized carbons (Fsp3) is 0.500. The maximum atomic E-state index is 11.4. The number of nitrogens with zero attached hydrogens (tertiary/aromatic N) is 2. The number of rotatable bonds is 5. The molecule has 7 nitrogen and oxygen atoms in total. The molecule has 2 aliphatic rings. The molecule has 0 bridgehead atoms. The molecular weight excluding hydrogens is 382 g/mol. The minimum absolute atomic E-state index is 0. The maximum absolute atomic E-state index is 11.4. The summed E-state index contributed by atoms with van der Waals surface area (Å²) in [6.45, 7) is 5.16. The van der Waals surface area contributed by atoms with Crippen LogP contribution in [0.2, 0.25) is 0 Å². The molecule has 1 aromatic heterocycles. The molecule has 152 valence electrons. The van der Waals surface area contributed by atoms with Crippen molar-refractivity contribution in [1.82, 2.24) is 10.2 Å². The van der Waals surface area contributed by atoms with Crippen molar-refractivity contribution in [3.05, 3.63) is 46.2 Å². The second kappa shape index (κ2) is 8.51. The third-order valence-electron chi connectivity index (χ3n) is 5.89. The zero-order chi connectivity index (χ0) is 18.9. The first-order valence-corrected chi connectivity index (χ1v) is 9.43. The number of nitro benzene ring substituents is 1. The fourth-order valence-corrected chi connectivity index (χ4v) is 4.35. The maximum Gasteiger partial charge on any atom is 0.284 e. The number of furan rings is 1. The Balaban J connectivity index is 0.00000225. The number of methoxy groups -OCH3 is 1. The van der Waals surface area contributed by atoms with Gasteiger partial charge < -0.3 is 14.5 Å². The van der Waals surface area contributed by atoms with E-state index in [4.69, 9.17) is 9.15 Å². The quantitative estimate of drug-likeness (QED) is 0.598. The van der Waals surface area contributed by atoms with Crippen molar-refractivity contribution in [3.63, 3.8) is 0 Å². The van der Waals surface area contributed by atoms with Crippen LogP contribution in [0.5, 0.6) is 5.75 Å². The molecule has 0 aliphatic carbocycles. The Bertz CT molecular complexity index is 833. The van der Waals surface area contributed by atoms with Gasteiger partial charge in [0.1, 0.15) is 17.3 Å². The number of piperidine rings is 1. The molecule has 1 N–H and O–H groups in total. The summed E-state index contributed by atoms with van der Waals surface area (Å²) in [5, 5.41) is 14.9. The molecule has 1 aromatic carbocycles. The average Bonchev–Trinajstić information content (AvgIpc) is 3.29. The predicted molar refractivity (Wildman–Crippen MR) is 109 cm³/mol. The van der Waals surface area contributed by atoms with Crippen molar-refractivity contribution < 1.29 is 14.1 Å². The van der Waals surface area contributed by atoms with E-state index in [0.29, 0.717) is 22.5 Å². The number of nitro groups is 1. The van der Waals surface area contributed by atoms with Crippen molar-refractivity contribution in [1.29, 1.82) is 0 Å². The van der Waals surface area contributed by atoms with E-state index >= 15 is 0 Å². The van der Waals surface area contributed by atoms with Gasteiger partial charge in [-0.25, -0.2) is 0 Å². The number of likely N-dealkylation sites (tertiary alicyclic amines) is 1. The van der Waals surface area contributed by atoms with Crippen LogP contribution in [-0.2, 0) is 6.54 Å². The first-order valence-electron chi connectivity index (χ1n) is 9.43. The third-order valence-corrected chi connectivity index (χ3v) is 5.89. The molecule has 2 fully saturated rings. The number of halogens is 1. The molecule has 0 atom stereocenters. The molecule has 2 aliphatic heterocycles. The largest absolute Gasteiger partial charge is 0.497 e. The van der Waals surface area contributed by atoms with Gasteiger partial charge in [-0.15, -0.1) is 12.4 Å². The second-order valence-electron chi connectivity index (χ2n) is 7.62. The van der Waals surface area contributed by atoms with Gasteiger partial charge in [-0.05, 0) is 68.6 Å². The Labute approximate surface area is 170 Å². The highest BCUT2D eigenvalue weighted by molar-refractivity contribution is 5.85. The van der Waals surface area contributed by atoms with Crippen LogP contribution < -0.4 is 10.1 Å². The lowest BCUT2D eigenvalue weighted by molar-refractivity contribution is -0.384. The molecule has 28 heavy (non-hydrogen) atoms. The molecule has 2 saturated heterocycles. The lowest BCUT2D eigenvalue weighted by atomic mass is 9.78.